The number of para-hydroxylation sites is 5. The predicted molar refractivity (Wildman–Crippen MR) is 418 cm³/mol. The summed E-state index contributed by atoms with van der Waals surface area (Å²) >= 11 is 1.47. The molecule has 6 aromatic heterocycles. The van der Waals surface area contributed by atoms with Crippen molar-refractivity contribution in [1.82, 2.24) is 29.1 Å². The molecule has 11 aromatic carbocycles. The van der Waals surface area contributed by atoms with Gasteiger partial charge in [0.25, 0.3) is 0 Å². The molecule has 0 N–H and O–H groups in total. The minimum Gasteiger partial charge on any atom is -0.649 e. The molecule has 0 spiro atoms. The van der Waals surface area contributed by atoms with Crippen molar-refractivity contribution in [2.45, 2.75) is 20.7 Å². The number of hydrogen-bond donors (Lipinski definition) is 0. The molecule has 0 aliphatic carbocycles. The maximum atomic E-state index is 5.19. The molecule has 7 nitrogen and oxygen atoms in total. The summed E-state index contributed by atoms with van der Waals surface area (Å²) in [7, 11) is 9.62. The Balaban J connectivity index is 0.000000140. The predicted octanol–water partition coefficient (Wildman–Crippen LogP) is 20.8. The van der Waals surface area contributed by atoms with Crippen LogP contribution in [0.2, 0.25) is 6.82 Å². The van der Waals surface area contributed by atoms with E-state index < -0.39 is 0 Å². The largest absolute Gasteiger partial charge is 0.649 e. The van der Waals surface area contributed by atoms with Crippen molar-refractivity contribution < 1.29 is 23.9 Å². The summed E-state index contributed by atoms with van der Waals surface area (Å²) in [5.74, 6) is 0.839. The van der Waals surface area contributed by atoms with Crippen LogP contribution in [-0.4, -0.2) is 66.6 Å². The zero-order valence-corrected chi connectivity index (χ0v) is 60.3. The molecule has 0 saturated carbocycles. The first-order chi connectivity index (χ1) is 47.3. The fourth-order valence-corrected chi connectivity index (χ4v) is 12.5. The Bertz CT molecular complexity index is 5010. The number of pyridine rings is 4. The average molecular weight is 1480 g/mol. The molecule has 0 aliphatic heterocycles. The molecular weight excluding hydrogens is 1410 g/mol. The zero-order valence-electron chi connectivity index (χ0n) is 54.2. The van der Waals surface area contributed by atoms with Crippen LogP contribution in [0.5, 0.6) is 5.75 Å². The molecule has 13 heteroatoms. The Labute approximate surface area is 596 Å². The van der Waals surface area contributed by atoms with E-state index >= 15 is 0 Å². The number of benzene rings is 11. The van der Waals surface area contributed by atoms with Crippen LogP contribution >= 0.6 is 18.4 Å². The first-order valence-corrected chi connectivity index (χ1v) is 33.9. The molecule has 17 rings (SSSR count). The van der Waals surface area contributed by atoms with Gasteiger partial charge in [-0.3, -0.25) is 15.0 Å². The van der Waals surface area contributed by atoms with Gasteiger partial charge in [0.1, 0.15) is 18.3 Å². The van der Waals surface area contributed by atoms with E-state index in [-0.39, 0.29) is 20.1 Å². The molecule has 5 radical (unpaired) electrons. The summed E-state index contributed by atoms with van der Waals surface area (Å²) in [4.78, 5) is 18.3. The fraction of sp³-hybridized carbons (Fsp3) is 0.0476. The van der Waals surface area contributed by atoms with E-state index in [0.717, 1.165) is 61.1 Å². The molecule has 97 heavy (non-hydrogen) atoms. The van der Waals surface area contributed by atoms with Crippen molar-refractivity contribution in [3.8, 4) is 61.8 Å². The van der Waals surface area contributed by atoms with Crippen molar-refractivity contribution in [2.24, 2.45) is 0 Å². The van der Waals surface area contributed by atoms with Crippen molar-refractivity contribution in [3.63, 3.8) is 0 Å². The van der Waals surface area contributed by atoms with E-state index in [4.69, 9.17) is 21.6 Å². The van der Waals surface area contributed by atoms with Crippen LogP contribution in [0.25, 0.3) is 132 Å². The second-order valence-corrected chi connectivity index (χ2v) is 24.0. The van der Waals surface area contributed by atoms with E-state index in [2.05, 4.69) is 276 Å². The molecular formula is C84H68AlB2IrN6OP2-. The van der Waals surface area contributed by atoms with E-state index in [1.54, 1.807) is 12.4 Å². The zero-order chi connectivity index (χ0) is 66.2. The molecule has 0 aliphatic rings. The number of aryl methyl sites for hydroxylation is 2. The van der Waals surface area contributed by atoms with E-state index in [1.165, 1.54) is 105 Å². The monoisotopic (exact) mass is 1480 g/mol. The Morgan fingerprint density at radius 1 is 0.433 bits per heavy atom. The Morgan fingerprint density at radius 2 is 0.835 bits per heavy atom. The fourth-order valence-electron chi connectivity index (χ4n) is 12.2. The molecule has 0 amide bonds. The second-order valence-electron chi connectivity index (χ2n) is 22.6. The van der Waals surface area contributed by atoms with E-state index in [1.807, 2.05) is 98.8 Å². The third kappa shape index (κ3) is 15.6. The SMILES string of the molecule is C[B]P.Cc1cc(-c2ccccc2)c2ccc3c(-c4ccccc4)cc(C)nc3c2n1.[AlH][O]c1cccc2cccnc12.[B]CP.[Ir].[c-]1ccccc1-c1ccccn1.c1ccc2c(c1)c1ccccc1n2-c1ccc(-c2ccc(-n3c4ccccc4c4ccccc43)cc2)cc1. The van der Waals surface area contributed by atoms with E-state index in [0.29, 0.717) is 6.06 Å². The number of aromatic nitrogens is 6. The smallest absolute Gasteiger partial charge is 0.494 e. The van der Waals surface area contributed by atoms with Crippen LogP contribution in [0.3, 0.4) is 0 Å². The summed E-state index contributed by atoms with van der Waals surface area (Å²) in [6, 6.07) is 109. The molecule has 469 valence electrons. The second kappa shape index (κ2) is 33.4. The molecule has 2 atom stereocenters. The number of hydrogen-bond acceptors (Lipinski definition) is 5. The van der Waals surface area contributed by atoms with Gasteiger partial charge >= 0.3 is 16.6 Å². The van der Waals surface area contributed by atoms with Crippen LogP contribution in [0.4, 0.5) is 0 Å². The van der Waals surface area contributed by atoms with Crippen molar-refractivity contribution in [1.29, 1.82) is 0 Å². The molecule has 6 heterocycles. The summed E-state index contributed by atoms with van der Waals surface area (Å²) in [5, 5.41) is 8.53. The molecule has 0 saturated heterocycles. The quantitative estimate of drug-likeness (QED) is 0.0688. The molecule has 0 bridgehead atoms. The van der Waals surface area contributed by atoms with Crippen LogP contribution in [0.1, 0.15) is 11.4 Å². The van der Waals surface area contributed by atoms with Crippen molar-refractivity contribution in [2.75, 3.05) is 6.06 Å². The summed E-state index contributed by atoms with van der Waals surface area (Å²) in [6.45, 7) is 7.99. The third-order valence-electron chi connectivity index (χ3n) is 16.3. The Hall–Kier alpha value is -9.63. The topological polar surface area (TPSA) is 70.7 Å². The van der Waals surface area contributed by atoms with Crippen LogP contribution in [-0.2, 0) is 20.1 Å². The minimum absolute atomic E-state index is 0. The van der Waals surface area contributed by atoms with Gasteiger partial charge in [-0.25, -0.2) is 0 Å². The van der Waals surface area contributed by atoms with Gasteiger partial charge in [0.15, 0.2) is 0 Å². The number of nitrogens with zero attached hydrogens (tertiary/aromatic N) is 6. The maximum absolute atomic E-state index is 5.19. The Kier molecular flexibility index (Phi) is 23.6. The van der Waals surface area contributed by atoms with Gasteiger partial charge in [-0.15, -0.1) is 45.1 Å². The number of rotatable bonds is 7. The first kappa shape index (κ1) is 68.7. The van der Waals surface area contributed by atoms with Gasteiger partial charge in [0.2, 0.25) is 0 Å². The van der Waals surface area contributed by atoms with E-state index in [9.17, 15) is 0 Å². The average Bonchev–Trinajstić information content (AvgIpc) is 1.75. The van der Waals surface area contributed by atoms with Crippen LogP contribution < -0.4 is 3.79 Å². The molecule has 0 fully saturated rings. The first-order valence-electron chi connectivity index (χ1n) is 31.8. The summed E-state index contributed by atoms with van der Waals surface area (Å²) in [5.41, 5.74) is 21.4. The normalized spacial score (nSPS) is 10.6. The van der Waals surface area contributed by atoms with Gasteiger partial charge in [-0.05, 0) is 132 Å². The molecule has 2 unspecified atom stereocenters. The minimum atomic E-state index is 0. The third-order valence-corrected chi connectivity index (χ3v) is 16.6. The van der Waals surface area contributed by atoms with Gasteiger partial charge in [0.05, 0.1) is 40.9 Å². The maximum Gasteiger partial charge on any atom is 0.494 e. The summed E-state index contributed by atoms with van der Waals surface area (Å²) in [6.07, 6.45) is 3.56. The van der Waals surface area contributed by atoms with Gasteiger partial charge < -0.3 is 17.9 Å². The Morgan fingerprint density at radius 3 is 1.25 bits per heavy atom. The van der Waals surface area contributed by atoms with Gasteiger partial charge in [-0.1, -0.05) is 213 Å². The summed E-state index contributed by atoms with van der Waals surface area (Å²) < 4.78 is 9.91. The van der Waals surface area contributed by atoms with Crippen molar-refractivity contribution in [3.05, 3.63) is 333 Å². The molecule has 17 aromatic rings. The van der Waals surface area contributed by atoms with Gasteiger partial charge in [-0.2, -0.15) is 9.12 Å². The van der Waals surface area contributed by atoms with Gasteiger partial charge in [0, 0.05) is 93.0 Å². The number of fused-ring (bicyclic) bond motifs is 10. The van der Waals surface area contributed by atoms with Crippen molar-refractivity contribution >= 4 is 126 Å². The standard InChI is InChI=1S/C36H24N2.C26H20N2.C11H8N.C9H7NO.CH5BP.CH4BP.Al.Ir.H/c1-5-13-33-29(9-1)30-10-2-6-14-34(30)37(33)27-21-17-25(18-22-27)26-19-23-28(24-20-26)38-35-15-7-3-11-31(35)32-12-4-8-16-36(32)38;1-17-15-23(19-9-5-3-6-10-19)21-13-14-22-24(20-11-7-4-8-12-20)16-18(2)28-26(22)25(21)27-17;1-2-6-10(7-3-1)11-8-4-5-9-12-11;11-8-5-1-3-7-4-2-6-10-9(7)8;1-2-3;2-1-3;;;/h1-24H;3-16H,1-2H3;1-6,8-9H;1-6,11H;3H2,1H3;1,3H2;;;/q;;-1;;;;+1;;/p-1. The van der Waals surface area contributed by atoms with Crippen LogP contribution in [0, 0.1) is 19.9 Å². The van der Waals surface area contributed by atoms with Crippen LogP contribution in [0.15, 0.2) is 316 Å².